The number of Topliss-reactive ketones (excluding diaryl/α,β-unsaturated/α-hetero) is 1. The molecule has 0 radical (unpaired) electrons. The number of hydrogen-bond donors (Lipinski definition) is 2. The zero-order valence-corrected chi connectivity index (χ0v) is 10.5. The molecule has 2 aromatic carbocycles. The average molecular weight is 268 g/mol. The molecule has 0 aliphatic rings. The molecular formula is C15H12N2O3. The molecule has 0 unspecified atom stereocenters. The smallest absolute Gasteiger partial charge is 0.283 e. The molecule has 5 nitrogen and oxygen atoms in total. The van der Waals surface area contributed by atoms with Gasteiger partial charge < -0.3 is 0 Å². The first-order valence-corrected chi connectivity index (χ1v) is 5.93. The minimum absolute atomic E-state index is 0.263. The summed E-state index contributed by atoms with van der Waals surface area (Å²) < 4.78 is 0. The van der Waals surface area contributed by atoms with Gasteiger partial charge in [0.05, 0.1) is 0 Å². The molecule has 2 N–H and O–H groups in total. The fourth-order valence-corrected chi connectivity index (χ4v) is 1.55. The molecule has 0 aromatic heterocycles. The molecule has 2 rings (SSSR count). The molecule has 0 aliphatic carbocycles. The van der Waals surface area contributed by atoms with Gasteiger partial charge in [-0.25, -0.2) is 0 Å². The summed E-state index contributed by atoms with van der Waals surface area (Å²) in [6, 6.07) is 16.5. The van der Waals surface area contributed by atoms with Gasteiger partial charge in [-0.1, -0.05) is 48.5 Å². The SMILES string of the molecule is O=C(NNC(=O)c1ccccc1)C(=O)c1ccccc1. The van der Waals surface area contributed by atoms with Crippen LogP contribution in [0, 0.1) is 0 Å². The molecule has 2 aromatic rings. The zero-order valence-electron chi connectivity index (χ0n) is 10.5. The lowest BCUT2D eigenvalue weighted by Gasteiger charge is -2.06. The fraction of sp³-hybridized carbons (Fsp3) is 0. The summed E-state index contributed by atoms with van der Waals surface area (Å²) in [5, 5.41) is 0. The monoisotopic (exact) mass is 268 g/mol. The van der Waals surface area contributed by atoms with Crippen molar-refractivity contribution in [2.24, 2.45) is 0 Å². The summed E-state index contributed by atoms with van der Waals surface area (Å²) in [4.78, 5) is 35.0. The third kappa shape index (κ3) is 3.29. The number of carbonyl (C=O) groups excluding carboxylic acids is 3. The van der Waals surface area contributed by atoms with E-state index in [1.807, 2.05) is 0 Å². The molecule has 2 amide bonds. The van der Waals surface area contributed by atoms with Crippen LogP contribution in [0.15, 0.2) is 60.7 Å². The Kier molecular flexibility index (Phi) is 4.24. The summed E-state index contributed by atoms with van der Waals surface area (Å²) in [5.74, 6) is -2.08. The van der Waals surface area contributed by atoms with E-state index in [0.29, 0.717) is 5.56 Å². The molecule has 100 valence electrons. The van der Waals surface area contributed by atoms with Crippen molar-refractivity contribution in [1.82, 2.24) is 10.9 Å². The van der Waals surface area contributed by atoms with Crippen molar-refractivity contribution in [3.8, 4) is 0 Å². The van der Waals surface area contributed by atoms with E-state index < -0.39 is 17.6 Å². The van der Waals surface area contributed by atoms with E-state index >= 15 is 0 Å². The van der Waals surface area contributed by atoms with Gasteiger partial charge in [-0.05, 0) is 12.1 Å². The number of benzene rings is 2. The molecule has 0 spiro atoms. The maximum Gasteiger partial charge on any atom is 0.310 e. The van der Waals surface area contributed by atoms with Crippen LogP contribution < -0.4 is 10.9 Å². The van der Waals surface area contributed by atoms with Gasteiger partial charge in [0, 0.05) is 11.1 Å². The van der Waals surface area contributed by atoms with Crippen LogP contribution in [-0.4, -0.2) is 17.6 Å². The summed E-state index contributed by atoms with van der Waals surface area (Å²) in [7, 11) is 0. The quantitative estimate of drug-likeness (QED) is 0.501. The van der Waals surface area contributed by atoms with E-state index in [-0.39, 0.29) is 5.56 Å². The number of amides is 2. The van der Waals surface area contributed by atoms with E-state index in [0.717, 1.165) is 0 Å². The fourth-order valence-electron chi connectivity index (χ4n) is 1.55. The second kappa shape index (κ2) is 6.29. The van der Waals surface area contributed by atoms with Crippen LogP contribution in [0.1, 0.15) is 20.7 Å². The molecule has 0 bridgehead atoms. The Labute approximate surface area is 115 Å². The van der Waals surface area contributed by atoms with Crippen molar-refractivity contribution in [3.05, 3.63) is 71.8 Å². The maximum absolute atomic E-state index is 11.7. The summed E-state index contributed by atoms with van der Waals surface area (Å²) in [5.41, 5.74) is 4.93. The normalized spacial score (nSPS) is 9.60. The Morgan fingerprint density at radius 3 is 1.70 bits per heavy atom. The first kappa shape index (κ1) is 13.5. The summed E-state index contributed by atoms with van der Waals surface area (Å²) in [6.07, 6.45) is 0. The van der Waals surface area contributed by atoms with Gasteiger partial charge in [0.15, 0.2) is 0 Å². The maximum atomic E-state index is 11.7. The van der Waals surface area contributed by atoms with E-state index in [2.05, 4.69) is 10.9 Å². The van der Waals surface area contributed by atoms with Crippen molar-refractivity contribution in [2.75, 3.05) is 0 Å². The van der Waals surface area contributed by atoms with Crippen molar-refractivity contribution in [1.29, 1.82) is 0 Å². The molecule has 5 heteroatoms. The van der Waals surface area contributed by atoms with Crippen LogP contribution >= 0.6 is 0 Å². The van der Waals surface area contributed by atoms with Gasteiger partial charge in [0.2, 0.25) is 0 Å². The Hall–Kier alpha value is -2.95. The average Bonchev–Trinajstić information content (AvgIpc) is 2.53. The Balaban J connectivity index is 1.93. The predicted octanol–water partition coefficient (Wildman–Crippen LogP) is 1.33. The third-order valence-electron chi connectivity index (χ3n) is 2.57. The standard InChI is InChI=1S/C15H12N2O3/c18-13(11-7-3-1-4-8-11)15(20)17-16-14(19)12-9-5-2-6-10-12/h1-10H,(H,16,19)(H,17,20). The Bertz CT molecular complexity index is 624. The second-order valence-electron chi connectivity index (χ2n) is 3.97. The van der Waals surface area contributed by atoms with Crippen LogP contribution in [0.25, 0.3) is 0 Å². The minimum atomic E-state index is -0.888. The highest BCUT2D eigenvalue weighted by Crippen LogP contribution is 2.00. The minimum Gasteiger partial charge on any atom is -0.283 e. The number of nitrogens with one attached hydrogen (secondary N) is 2. The highest BCUT2D eigenvalue weighted by Gasteiger charge is 2.16. The van der Waals surface area contributed by atoms with Crippen LogP contribution in [0.4, 0.5) is 0 Å². The molecule has 0 saturated carbocycles. The van der Waals surface area contributed by atoms with Crippen molar-refractivity contribution < 1.29 is 14.4 Å². The first-order valence-electron chi connectivity index (χ1n) is 5.93. The lowest BCUT2D eigenvalue weighted by atomic mass is 10.1. The van der Waals surface area contributed by atoms with Crippen LogP contribution in [0.2, 0.25) is 0 Å². The Morgan fingerprint density at radius 2 is 1.15 bits per heavy atom. The van der Waals surface area contributed by atoms with E-state index in [9.17, 15) is 14.4 Å². The van der Waals surface area contributed by atoms with Gasteiger partial charge in [-0.3, -0.25) is 25.2 Å². The van der Waals surface area contributed by atoms with Crippen molar-refractivity contribution >= 4 is 17.6 Å². The molecule has 0 fully saturated rings. The number of ketones is 1. The van der Waals surface area contributed by atoms with Gasteiger partial charge in [0.25, 0.3) is 11.7 Å². The second-order valence-corrected chi connectivity index (χ2v) is 3.97. The molecule has 0 saturated heterocycles. The molecule has 20 heavy (non-hydrogen) atoms. The van der Waals surface area contributed by atoms with Crippen LogP contribution in [-0.2, 0) is 4.79 Å². The number of rotatable bonds is 3. The number of hydrogen-bond acceptors (Lipinski definition) is 3. The Morgan fingerprint density at radius 1 is 0.650 bits per heavy atom. The van der Waals surface area contributed by atoms with Gasteiger partial charge in [-0.2, -0.15) is 0 Å². The molecule has 0 atom stereocenters. The van der Waals surface area contributed by atoms with E-state index in [1.165, 1.54) is 12.1 Å². The topological polar surface area (TPSA) is 75.3 Å². The predicted molar refractivity (Wildman–Crippen MR) is 72.8 cm³/mol. The summed E-state index contributed by atoms with van der Waals surface area (Å²) in [6.45, 7) is 0. The highest BCUT2D eigenvalue weighted by atomic mass is 16.2. The van der Waals surface area contributed by atoms with Gasteiger partial charge in [-0.15, -0.1) is 0 Å². The number of hydrazine groups is 1. The summed E-state index contributed by atoms with van der Waals surface area (Å²) >= 11 is 0. The lowest BCUT2D eigenvalue weighted by molar-refractivity contribution is -0.117. The largest absolute Gasteiger partial charge is 0.310 e. The molecule has 0 heterocycles. The number of carbonyl (C=O) groups is 3. The zero-order chi connectivity index (χ0) is 14.4. The van der Waals surface area contributed by atoms with Crippen molar-refractivity contribution in [3.63, 3.8) is 0 Å². The van der Waals surface area contributed by atoms with E-state index in [1.54, 1.807) is 48.5 Å². The third-order valence-corrected chi connectivity index (χ3v) is 2.57. The first-order chi connectivity index (χ1) is 9.68. The van der Waals surface area contributed by atoms with E-state index in [4.69, 9.17) is 0 Å². The van der Waals surface area contributed by atoms with Gasteiger partial charge >= 0.3 is 5.91 Å². The highest BCUT2D eigenvalue weighted by molar-refractivity contribution is 6.42. The van der Waals surface area contributed by atoms with Gasteiger partial charge in [0.1, 0.15) is 0 Å². The lowest BCUT2D eigenvalue weighted by Crippen LogP contribution is -2.44. The molecule has 0 aliphatic heterocycles. The molecular weight excluding hydrogens is 256 g/mol. The van der Waals surface area contributed by atoms with Crippen LogP contribution in [0.3, 0.4) is 0 Å². The van der Waals surface area contributed by atoms with Crippen molar-refractivity contribution in [2.45, 2.75) is 0 Å². The van der Waals surface area contributed by atoms with Crippen LogP contribution in [0.5, 0.6) is 0 Å².